The number of anilines is 1. The number of hydroxylamine groups is 1. The second-order valence-electron chi connectivity index (χ2n) is 8.16. The molecule has 0 unspecified atom stereocenters. The molecule has 3 aromatic rings. The van der Waals surface area contributed by atoms with Crippen molar-refractivity contribution in [1.29, 1.82) is 0 Å². The number of epoxide rings is 1. The monoisotopic (exact) mass is 473 g/mol. The first-order valence-electron chi connectivity index (χ1n) is 11.4. The molecule has 1 aliphatic rings. The molecule has 0 bridgehead atoms. The summed E-state index contributed by atoms with van der Waals surface area (Å²) in [5.74, 6) is -1.40. The summed E-state index contributed by atoms with van der Waals surface area (Å²) in [6.07, 6.45) is -0.952. The van der Waals surface area contributed by atoms with Gasteiger partial charge in [-0.2, -0.15) is 0 Å². The third-order valence-corrected chi connectivity index (χ3v) is 5.50. The minimum Gasteiger partial charge on any atom is -0.349 e. The summed E-state index contributed by atoms with van der Waals surface area (Å²) < 4.78 is 5.27. The Morgan fingerprint density at radius 2 is 1.34 bits per heavy atom. The van der Waals surface area contributed by atoms with Crippen LogP contribution in [0.2, 0.25) is 0 Å². The lowest BCUT2D eigenvalue weighted by Crippen LogP contribution is -2.46. The summed E-state index contributed by atoms with van der Waals surface area (Å²) in [6.45, 7) is 0.192. The van der Waals surface area contributed by atoms with Crippen LogP contribution in [-0.4, -0.2) is 36.0 Å². The van der Waals surface area contributed by atoms with E-state index in [1.165, 1.54) is 0 Å². The Balaban J connectivity index is 1.30. The van der Waals surface area contributed by atoms with E-state index in [9.17, 15) is 14.4 Å². The Bertz CT molecular complexity index is 1130. The number of ether oxygens (including phenoxy) is 1. The summed E-state index contributed by atoms with van der Waals surface area (Å²) >= 11 is 0. The molecule has 0 radical (unpaired) electrons. The number of nitrogens with one attached hydrogen (secondary N) is 3. The lowest BCUT2D eigenvalue weighted by molar-refractivity contribution is -0.136. The maximum absolute atomic E-state index is 12.9. The first-order chi connectivity index (χ1) is 17.1. The molecule has 180 valence electrons. The molecule has 8 nitrogen and oxygen atoms in total. The average Bonchev–Trinajstić information content (AvgIpc) is 3.70. The molecule has 0 saturated carbocycles. The quantitative estimate of drug-likeness (QED) is 0.293. The van der Waals surface area contributed by atoms with E-state index in [1.54, 1.807) is 12.1 Å². The van der Waals surface area contributed by atoms with Crippen LogP contribution >= 0.6 is 0 Å². The Hall–Kier alpha value is -4.01. The van der Waals surface area contributed by atoms with Crippen molar-refractivity contribution in [2.24, 2.45) is 0 Å². The molecule has 3 atom stereocenters. The van der Waals surface area contributed by atoms with E-state index >= 15 is 0 Å². The Morgan fingerprint density at radius 1 is 0.771 bits per heavy atom. The molecule has 0 spiro atoms. The second kappa shape index (κ2) is 11.9. The van der Waals surface area contributed by atoms with E-state index < -0.39 is 30.1 Å². The molecule has 35 heavy (non-hydrogen) atoms. The van der Waals surface area contributed by atoms with Gasteiger partial charge >= 0.3 is 0 Å². The minimum absolute atomic E-state index is 0.192. The lowest BCUT2D eigenvalue weighted by Gasteiger charge is -2.18. The highest BCUT2D eigenvalue weighted by atomic mass is 16.7. The zero-order valence-electron chi connectivity index (χ0n) is 19.1. The zero-order chi connectivity index (χ0) is 24.5. The summed E-state index contributed by atoms with van der Waals surface area (Å²) in [6, 6.07) is 27.3. The maximum atomic E-state index is 12.9. The van der Waals surface area contributed by atoms with Gasteiger partial charge in [-0.05, 0) is 36.1 Å². The maximum Gasteiger partial charge on any atom is 0.275 e. The zero-order valence-corrected chi connectivity index (χ0v) is 19.1. The largest absolute Gasteiger partial charge is 0.349 e. The number of hydrogen-bond acceptors (Lipinski definition) is 5. The Kier molecular flexibility index (Phi) is 8.21. The van der Waals surface area contributed by atoms with Crippen LogP contribution in [0.15, 0.2) is 91.0 Å². The van der Waals surface area contributed by atoms with E-state index in [0.29, 0.717) is 18.5 Å². The van der Waals surface area contributed by atoms with Crippen LogP contribution in [-0.2, 0) is 37.0 Å². The molecule has 1 fully saturated rings. The highest BCUT2D eigenvalue weighted by Gasteiger charge is 2.51. The van der Waals surface area contributed by atoms with Gasteiger partial charge in [-0.15, -0.1) is 0 Å². The van der Waals surface area contributed by atoms with E-state index in [1.807, 2.05) is 78.9 Å². The Labute approximate surface area is 203 Å². The van der Waals surface area contributed by atoms with Gasteiger partial charge in [0.2, 0.25) is 5.91 Å². The fourth-order valence-corrected chi connectivity index (χ4v) is 3.56. The fraction of sp³-hybridized carbons (Fsp3) is 0.222. The molecular weight excluding hydrogens is 446 g/mol. The number of amides is 3. The van der Waals surface area contributed by atoms with Crippen LogP contribution in [0.3, 0.4) is 0 Å². The van der Waals surface area contributed by atoms with Crippen LogP contribution in [0, 0.1) is 0 Å². The van der Waals surface area contributed by atoms with Gasteiger partial charge in [-0.25, -0.2) is 5.48 Å². The average molecular weight is 474 g/mol. The second-order valence-corrected chi connectivity index (χ2v) is 8.16. The predicted molar refractivity (Wildman–Crippen MR) is 130 cm³/mol. The SMILES string of the molecule is O=C(NOCc1ccccc1)[C@H]1O[C@@H]1C(=O)N[C@H](CCc1ccccc1)C(=O)Nc1ccccc1. The van der Waals surface area contributed by atoms with Crippen molar-refractivity contribution >= 4 is 23.4 Å². The molecule has 3 aromatic carbocycles. The molecule has 1 heterocycles. The van der Waals surface area contributed by atoms with Crippen molar-refractivity contribution in [2.45, 2.75) is 37.7 Å². The van der Waals surface area contributed by atoms with Gasteiger partial charge < -0.3 is 15.4 Å². The van der Waals surface area contributed by atoms with Crippen LogP contribution in [0.5, 0.6) is 0 Å². The van der Waals surface area contributed by atoms with Gasteiger partial charge in [0, 0.05) is 5.69 Å². The molecular formula is C27H27N3O5. The summed E-state index contributed by atoms with van der Waals surface area (Å²) in [5.41, 5.74) is 4.89. The summed E-state index contributed by atoms with van der Waals surface area (Å²) in [4.78, 5) is 43.2. The first-order valence-corrected chi connectivity index (χ1v) is 11.4. The molecule has 0 aromatic heterocycles. The molecule has 3 amide bonds. The Morgan fingerprint density at radius 3 is 2.00 bits per heavy atom. The molecule has 1 aliphatic heterocycles. The normalized spacial score (nSPS) is 17.1. The first kappa shape index (κ1) is 24.1. The summed E-state index contributed by atoms with van der Waals surface area (Å²) in [7, 11) is 0. The molecule has 8 heteroatoms. The van der Waals surface area contributed by atoms with Crippen LogP contribution in [0.25, 0.3) is 0 Å². The van der Waals surface area contributed by atoms with Crippen LogP contribution in [0.1, 0.15) is 17.5 Å². The van der Waals surface area contributed by atoms with Gasteiger partial charge in [0.25, 0.3) is 11.8 Å². The lowest BCUT2D eigenvalue weighted by atomic mass is 10.0. The molecule has 3 N–H and O–H groups in total. The van der Waals surface area contributed by atoms with Gasteiger partial charge in [-0.3, -0.25) is 19.2 Å². The smallest absolute Gasteiger partial charge is 0.275 e. The number of rotatable bonds is 11. The number of carbonyl (C=O) groups excluding carboxylic acids is 3. The van der Waals surface area contributed by atoms with Gasteiger partial charge in [0.15, 0.2) is 12.2 Å². The topological polar surface area (TPSA) is 109 Å². The van der Waals surface area contributed by atoms with Gasteiger partial charge in [0.1, 0.15) is 6.04 Å². The van der Waals surface area contributed by atoms with Crippen molar-refractivity contribution < 1.29 is 24.0 Å². The van der Waals surface area contributed by atoms with Crippen molar-refractivity contribution in [3.8, 4) is 0 Å². The standard InChI is InChI=1S/C27H27N3O5/c31-25(28-21-14-8-3-9-15-21)22(17-16-19-10-4-1-5-11-19)29-26(32)23-24(35-23)27(33)30-34-18-20-12-6-2-7-13-20/h1-15,22-24H,16-18H2,(H,28,31)(H,29,32)(H,30,33)/t22-,23+,24+/m1/s1. The van der Waals surface area contributed by atoms with E-state index in [-0.39, 0.29) is 12.5 Å². The van der Waals surface area contributed by atoms with Crippen LogP contribution < -0.4 is 16.1 Å². The van der Waals surface area contributed by atoms with E-state index in [0.717, 1.165) is 11.1 Å². The third-order valence-electron chi connectivity index (χ3n) is 5.50. The van der Waals surface area contributed by atoms with Crippen molar-refractivity contribution in [3.05, 3.63) is 102 Å². The van der Waals surface area contributed by atoms with Crippen molar-refractivity contribution in [2.75, 3.05) is 5.32 Å². The molecule has 0 aliphatic carbocycles. The van der Waals surface area contributed by atoms with Gasteiger partial charge in [0.05, 0.1) is 6.61 Å². The summed E-state index contributed by atoms with van der Waals surface area (Å²) in [5, 5.41) is 5.57. The fourth-order valence-electron chi connectivity index (χ4n) is 3.56. The van der Waals surface area contributed by atoms with E-state index in [2.05, 4.69) is 16.1 Å². The number of aryl methyl sites for hydroxylation is 1. The highest BCUT2D eigenvalue weighted by Crippen LogP contribution is 2.23. The predicted octanol–water partition coefficient (Wildman–Crippen LogP) is 2.76. The number of benzene rings is 3. The number of carbonyl (C=O) groups is 3. The molecule has 1 saturated heterocycles. The number of hydrogen-bond donors (Lipinski definition) is 3. The van der Waals surface area contributed by atoms with Crippen molar-refractivity contribution in [3.63, 3.8) is 0 Å². The van der Waals surface area contributed by atoms with Gasteiger partial charge in [-0.1, -0.05) is 78.9 Å². The number of para-hydroxylation sites is 1. The highest BCUT2D eigenvalue weighted by molar-refractivity contribution is 6.00. The minimum atomic E-state index is -0.973. The third kappa shape index (κ3) is 7.23. The van der Waals surface area contributed by atoms with Crippen molar-refractivity contribution in [1.82, 2.24) is 10.8 Å². The van der Waals surface area contributed by atoms with E-state index in [4.69, 9.17) is 9.57 Å². The van der Waals surface area contributed by atoms with Crippen LogP contribution in [0.4, 0.5) is 5.69 Å². The molecule has 4 rings (SSSR count).